The van der Waals surface area contributed by atoms with E-state index in [-0.39, 0.29) is 23.8 Å². The molecule has 0 aromatic rings. The largest absolute Gasteiger partial charge is 0.392 e. The first-order valence-corrected chi connectivity index (χ1v) is 5.65. The molecule has 3 atom stereocenters. The van der Waals surface area contributed by atoms with E-state index in [4.69, 9.17) is 0 Å². The lowest BCUT2D eigenvalue weighted by atomic mass is 9.79. The first-order chi connectivity index (χ1) is 7.58. The fourth-order valence-corrected chi connectivity index (χ4v) is 2.25. The molecule has 3 nitrogen and oxygen atoms in total. The van der Waals surface area contributed by atoms with Crippen molar-refractivity contribution in [1.82, 2.24) is 0 Å². The van der Waals surface area contributed by atoms with Gasteiger partial charge in [0.05, 0.1) is 11.8 Å². The van der Waals surface area contributed by atoms with Crippen LogP contribution in [-0.2, 0) is 14.3 Å². The second-order valence-electron chi connectivity index (χ2n) is 4.77. The van der Waals surface area contributed by atoms with E-state index in [0.29, 0.717) is 5.92 Å². The fraction of sp³-hybridized carbons (Fsp3) is 0.538. The van der Waals surface area contributed by atoms with Crippen molar-refractivity contribution in [2.45, 2.75) is 26.7 Å². The van der Waals surface area contributed by atoms with Crippen LogP contribution in [0.15, 0.2) is 23.8 Å². The highest BCUT2D eigenvalue weighted by Gasteiger charge is 2.45. The van der Waals surface area contributed by atoms with Gasteiger partial charge in [-0.05, 0) is 32.6 Å². The summed E-state index contributed by atoms with van der Waals surface area (Å²) >= 11 is 0. The number of hydrogen-bond donors (Lipinski definition) is 0. The number of allylic oxidation sites excluding steroid dienone is 3. The van der Waals surface area contributed by atoms with Gasteiger partial charge in [0.1, 0.15) is 0 Å². The van der Waals surface area contributed by atoms with Gasteiger partial charge in [0.15, 0.2) is 0 Å². The van der Waals surface area contributed by atoms with Crippen LogP contribution in [0.3, 0.4) is 0 Å². The third-order valence-corrected chi connectivity index (χ3v) is 3.19. The van der Waals surface area contributed by atoms with Crippen molar-refractivity contribution in [2.75, 3.05) is 0 Å². The lowest BCUT2D eigenvalue weighted by Gasteiger charge is -2.21. The molecule has 1 aliphatic heterocycles. The summed E-state index contributed by atoms with van der Waals surface area (Å²) in [4.78, 5) is 22.7. The molecular weight excluding hydrogens is 204 g/mol. The van der Waals surface area contributed by atoms with Crippen molar-refractivity contribution >= 4 is 11.9 Å². The van der Waals surface area contributed by atoms with Crippen LogP contribution in [0.5, 0.6) is 0 Å². The molecule has 3 unspecified atom stereocenters. The van der Waals surface area contributed by atoms with E-state index < -0.39 is 0 Å². The molecule has 0 amide bonds. The summed E-state index contributed by atoms with van der Waals surface area (Å²) in [5, 5.41) is 0. The molecule has 86 valence electrons. The van der Waals surface area contributed by atoms with Crippen molar-refractivity contribution in [1.29, 1.82) is 0 Å². The maximum Gasteiger partial charge on any atom is 0.321 e. The second kappa shape index (κ2) is 4.24. The smallest absolute Gasteiger partial charge is 0.321 e. The predicted octanol–water partition coefficient (Wildman–Crippen LogP) is 2.23. The normalized spacial score (nSPS) is 32.2. The van der Waals surface area contributed by atoms with Crippen molar-refractivity contribution < 1.29 is 14.3 Å². The number of fused-ring (bicyclic) bond motifs is 1. The van der Waals surface area contributed by atoms with Crippen LogP contribution in [0.1, 0.15) is 26.7 Å². The number of esters is 2. The molecule has 1 heterocycles. The highest BCUT2D eigenvalue weighted by Crippen LogP contribution is 2.36. The summed E-state index contributed by atoms with van der Waals surface area (Å²) in [6.07, 6.45) is 7.71. The molecule has 0 spiro atoms. The Morgan fingerprint density at radius 2 is 2.12 bits per heavy atom. The summed E-state index contributed by atoms with van der Waals surface area (Å²) in [6.45, 7) is 4.12. The zero-order chi connectivity index (χ0) is 11.7. The van der Waals surface area contributed by atoms with E-state index in [1.165, 1.54) is 5.57 Å². The molecule has 1 aliphatic carbocycles. The Morgan fingerprint density at radius 1 is 1.38 bits per heavy atom. The van der Waals surface area contributed by atoms with Crippen LogP contribution in [0.25, 0.3) is 0 Å². The number of ether oxygens (including phenoxy) is 1. The molecule has 0 saturated carbocycles. The molecule has 0 bridgehead atoms. The lowest BCUT2D eigenvalue weighted by molar-refractivity contribution is -0.153. The first-order valence-electron chi connectivity index (χ1n) is 5.65. The van der Waals surface area contributed by atoms with Gasteiger partial charge in [0.2, 0.25) is 0 Å². The van der Waals surface area contributed by atoms with Gasteiger partial charge < -0.3 is 4.74 Å². The molecule has 0 radical (unpaired) electrons. The lowest BCUT2D eigenvalue weighted by Crippen LogP contribution is -2.22. The molecule has 1 fully saturated rings. The average molecular weight is 220 g/mol. The molecule has 1 saturated heterocycles. The van der Waals surface area contributed by atoms with E-state index in [9.17, 15) is 9.59 Å². The van der Waals surface area contributed by atoms with E-state index in [1.807, 2.05) is 12.2 Å². The van der Waals surface area contributed by atoms with Gasteiger partial charge >= 0.3 is 11.9 Å². The van der Waals surface area contributed by atoms with Gasteiger partial charge in [0, 0.05) is 0 Å². The van der Waals surface area contributed by atoms with Gasteiger partial charge in [-0.1, -0.05) is 23.8 Å². The quantitative estimate of drug-likeness (QED) is 0.407. The van der Waals surface area contributed by atoms with Gasteiger partial charge in [-0.3, -0.25) is 9.59 Å². The molecule has 0 aromatic heterocycles. The Balaban J connectivity index is 2.06. The van der Waals surface area contributed by atoms with Crippen LogP contribution in [0, 0.1) is 17.8 Å². The molecule has 3 heteroatoms. The molecular formula is C13H16O3. The van der Waals surface area contributed by atoms with Crippen LogP contribution in [0.4, 0.5) is 0 Å². The Morgan fingerprint density at radius 3 is 2.81 bits per heavy atom. The van der Waals surface area contributed by atoms with E-state index in [2.05, 4.69) is 24.7 Å². The van der Waals surface area contributed by atoms with Crippen LogP contribution in [0.2, 0.25) is 0 Å². The van der Waals surface area contributed by atoms with Crippen molar-refractivity contribution in [3.8, 4) is 0 Å². The third kappa shape index (κ3) is 2.08. The van der Waals surface area contributed by atoms with Crippen molar-refractivity contribution in [3.63, 3.8) is 0 Å². The summed E-state index contributed by atoms with van der Waals surface area (Å²) < 4.78 is 4.64. The molecule has 16 heavy (non-hydrogen) atoms. The summed E-state index contributed by atoms with van der Waals surface area (Å²) in [5.74, 6) is -0.938. The minimum atomic E-state index is -0.382. The molecule has 0 aromatic carbocycles. The van der Waals surface area contributed by atoms with E-state index in [0.717, 1.165) is 12.8 Å². The van der Waals surface area contributed by atoms with Crippen LogP contribution >= 0.6 is 0 Å². The van der Waals surface area contributed by atoms with Gasteiger partial charge in [-0.15, -0.1) is 0 Å². The Kier molecular flexibility index (Phi) is 2.95. The zero-order valence-corrected chi connectivity index (χ0v) is 9.60. The number of cyclic esters (lactones) is 2. The Hall–Kier alpha value is -1.38. The minimum absolute atomic E-state index is 0.243. The first kappa shape index (κ1) is 11.1. The fourth-order valence-electron chi connectivity index (χ4n) is 2.25. The second-order valence-corrected chi connectivity index (χ2v) is 4.77. The third-order valence-electron chi connectivity index (χ3n) is 3.19. The van der Waals surface area contributed by atoms with Crippen molar-refractivity contribution in [2.24, 2.45) is 17.8 Å². The summed E-state index contributed by atoms with van der Waals surface area (Å²) in [7, 11) is 0. The van der Waals surface area contributed by atoms with Crippen molar-refractivity contribution in [3.05, 3.63) is 23.8 Å². The predicted molar refractivity (Wildman–Crippen MR) is 59.4 cm³/mol. The maximum absolute atomic E-state index is 11.4. The van der Waals surface area contributed by atoms with E-state index in [1.54, 1.807) is 0 Å². The number of carbonyl (C=O) groups is 2. The van der Waals surface area contributed by atoms with Gasteiger partial charge in [-0.2, -0.15) is 0 Å². The number of carbonyl (C=O) groups excluding carboxylic acids is 2. The van der Waals surface area contributed by atoms with Gasteiger partial charge in [-0.25, -0.2) is 0 Å². The summed E-state index contributed by atoms with van der Waals surface area (Å²) in [5.41, 5.74) is 1.28. The van der Waals surface area contributed by atoms with Crippen LogP contribution < -0.4 is 0 Å². The number of rotatable bonds is 2. The Labute approximate surface area is 95.2 Å². The maximum atomic E-state index is 11.4. The summed E-state index contributed by atoms with van der Waals surface area (Å²) in [6, 6.07) is 0. The molecule has 0 N–H and O–H groups in total. The standard InChI is InChI=1S/C13H16O3/c1-8(2)3-4-9-5-6-10-11(7-9)13(15)16-12(10)14/h3,5-6,9-11H,4,7H2,1-2H3. The highest BCUT2D eigenvalue weighted by molar-refractivity contribution is 5.97. The average Bonchev–Trinajstić information content (AvgIpc) is 2.52. The minimum Gasteiger partial charge on any atom is -0.392 e. The Bertz CT molecular complexity index is 375. The highest BCUT2D eigenvalue weighted by atomic mass is 16.6. The van der Waals surface area contributed by atoms with Gasteiger partial charge in [0.25, 0.3) is 0 Å². The zero-order valence-electron chi connectivity index (χ0n) is 9.60. The van der Waals surface area contributed by atoms with E-state index >= 15 is 0 Å². The topological polar surface area (TPSA) is 43.4 Å². The molecule has 2 rings (SSSR count). The number of hydrogen-bond acceptors (Lipinski definition) is 3. The monoisotopic (exact) mass is 220 g/mol. The SMILES string of the molecule is CC(C)=CCC1C=CC2C(=O)OC(=O)C2C1. The van der Waals surface area contributed by atoms with Crippen LogP contribution in [-0.4, -0.2) is 11.9 Å². The molecule has 2 aliphatic rings.